The Balaban J connectivity index is 1.18. The molecular formula is C30H36O11. The van der Waals surface area contributed by atoms with Crippen LogP contribution in [0.5, 0.6) is 0 Å². The van der Waals surface area contributed by atoms with Gasteiger partial charge in [-0.05, 0) is 44.1 Å². The lowest BCUT2D eigenvalue weighted by atomic mass is 9.43. The van der Waals surface area contributed by atoms with Crippen molar-refractivity contribution in [2.45, 2.75) is 106 Å². The smallest absolute Gasteiger partial charge is 0.331 e. The lowest BCUT2D eigenvalue weighted by molar-refractivity contribution is -0.450. The summed E-state index contributed by atoms with van der Waals surface area (Å²) < 4.78 is 35.7. The van der Waals surface area contributed by atoms with E-state index in [-0.39, 0.29) is 19.1 Å². The van der Waals surface area contributed by atoms with Crippen LogP contribution >= 0.6 is 0 Å². The monoisotopic (exact) mass is 572 g/mol. The third kappa shape index (κ3) is 2.92. The van der Waals surface area contributed by atoms with E-state index in [4.69, 9.17) is 28.4 Å². The fourth-order valence-electron chi connectivity index (χ4n) is 9.66. The number of aliphatic hydroxyl groups is 3. The molecule has 0 unspecified atom stereocenters. The van der Waals surface area contributed by atoms with Crippen LogP contribution in [0.1, 0.15) is 46.5 Å². The van der Waals surface area contributed by atoms with Gasteiger partial charge in [-0.3, -0.25) is 4.79 Å². The largest absolute Gasteiger partial charge is 0.458 e. The van der Waals surface area contributed by atoms with E-state index in [1.54, 1.807) is 13.0 Å². The van der Waals surface area contributed by atoms with Crippen LogP contribution in [0.15, 0.2) is 34.9 Å². The molecule has 3 N–H and O–H groups in total. The Morgan fingerprint density at radius 1 is 1.12 bits per heavy atom. The zero-order valence-corrected chi connectivity index (χ0v) is 23.5. The lowest BCUT2D eigenvalue weighted by Gasteiger charge is -2.62. The Kier molecular flexibility index (Phi) is 5.17. The van der Waals surface area contributed by atoms with Crippen molar-refractivity contribution in [2.24, 2.45) is 16.7 Å². The van der Waals surface area contributed by atoms with Gasteiger partial charge in [0.05, 0.1) is 23.7 Å². The summed E-state index contributed by atoms with van der Waals surface area (Å²) in [6.45, 7) is 5.53. The maximum Gasteiger partial charge on any atom is 0.331 e. The van der Waals surface area contributed by atoms with Crippen LogP contribution in [-0.2, 0) is 38.0 Å². The van der Waals surface area contributed by atoms with Gasteiger partial charge in [0, 0.05) is 31.1 Å². The van der Waals surface area contributed by atoms with Crippen molar-refractivity contribution in [1.82, 2.24) is 0 Å². The van der Waals surface area contributed by atoms with Crippen molar-refractivity contribution in [1.29, 1.82) is 0 Å². The highest BCUT2D eigenvalue weighted by Crippen LogP contribution is 2.75. The number of methoxy groups -OCH3 is 1. The summed E-state index contributed by atoms with van der Waals surface area (Å²) in [5, 5.41) is 36.0. The number of rotatable bonds is 2. The number of carbonyl (C=O) groups excluding carboxylic acids is 2. The second-order valence-electron chi connectivity index (χ2n) is 13.5. The minimum Gasteiger partial charge on any atom is -0.458 e. The molecule has 0 amide bonds. The molecule has 8 rings (SSSR count). The zero-order chi connectivity index (χ0) is 28.9. The number of hydrogen-bond acceptors (Lipinski definition) is 11. The second-order valence-corrected chi connectivity index (χ2v) is 13.5. The number of aliphatic hydroxyl groups excluding tert-OH is 1. The summed E-state index contributed by atoms with van der Waals surface area (Å²) >= 11 is 0. The van der Waals surface area contributed by atoms with Crippen molar-refractivity contribution >= 4 is 11.8 Å². The van der Waals surface area contributed by atoms with Crippen molar-refractivity contribution in [3.05, 3.63) is 34.9 Å². The molecule has 11 heteroatoms. The normalized spacial score (nSPS) is 56.6. The third-order valence-electron chi connectivity index (χ3n) is 11.7. The highest BCUT2D eigenvalue weighted by molar-refractivity contribution is 5.98. The van der Waals surface area contributed by atoms with E-state index in [1.807, 2.05) is 19.9 Å². The molecule has 222 valence electrons. The minimum absolute atomic E-state index is 0.0142. The van der Waals surface area contributed by atoms with E-state index in [0.717, 1.165) is 5.57 Å². The summed E-state index contributed by atoms with van der Waals surface area (Å²) in [5.41, 5.74) is -3.11. The Morgan fingerprint density at radius 2 is 1.90 bits per heavy atom. The van der Waals surface area contributed by atoms with Gasteiger partial charge in [0.1, 0.15) is 36.1 Å². The Morgan fingerprint density at radius 3 is 2.61 bits per heavy atom. The highest BCUT2D eigenvalue weighted by Gasteiger charge is 2.87. The van der Waals surface area contributed by atoms with Crippen molar-refractivity contribution in [3.8, 4) is 0 Å². The van der Waals surface area contributed by atoms with E-state index < -0.39 is 82.3 Å². The van der Waals surface area contributed by atoms with Crippen molar-refractivity contribution < 1.29 is 53.3 Å². The van der Waals surface area contributed by atoms with Gasteiger partial charge >= 0.3 is 5.97 Å². The molecule has 8 aliphatic rings. The fraction of sp³-hybridized carbons (Fsp3) is 0.733. The van der Waals surface area contributed by atoms with Crippen LogP contribution in [0.3, 0.4) is 0 Å². The summed E-state index contributed by atoms with van der Waals surface area (Å²) in [7, 11) is 1.51. The molecule has 0 aromatic rings. The van der Waals surface area contributed by atoms with Crippen LogP contribution in [0.25, 0.3) is 0 Å². The molecule has 3 saturated heterocycles. The van der Waals surface area contributed by atoms with Crippen LogP contribution in [0.4, 0.5) is 0 Å². The number of cyclic esters (lactones) is 1. The van der Waals surface area contributed by atoms with Crippen LogP contribution in [0, 0.1) is 16.7 Å². The number of Topliss-reactive ketones (excluding diaryl/α,β-unsaturated/α-hetero) is 1. The van der Waals surface area contributed by atoms with Crippen LogP contribution in [0.2, 0.25) is 0 Å². The van der Waals surface area contributed by atoms with Gasteiger partial charge in [-0.1, -0.05) is 24.6 Å². The first-order valence-corrected chi connectivity index (χ1v) is 14.5. The molecule has 0 aromatic carbocycles. The van der Waals surface area contributed by atoms with E-state index in [0.29, 0.717) is 30.4 Å². The summed E-state index contributed by atoms with van der Waals surface area (Å²) in [5.74, 6) is -3.60. The molecule has 0 aromatic heterocycles. The number of ketones is 1. The van der Waals surface area contributed by atoms with Gasteiger partial charge in [-0.25, -0.2) is 4.79 Å². The standard InChI is InChI=1S/C30H36O11/c1-13-7-20(36-4)30(35)25(38-13)39-17-9-15-10-19-29(41-19)23(26(15,2)11-18(17)40-30)22(32)24(33)27(3)16(5-6-28(27,29)34)14-8-21(31)37-12-14/h5,8-9,13,17-20,22-23,25,32,34-35H,6-7,10-12H2,1-4H3/t13-,17-,18-,19+,20+,22+,23-,25+,26+,27+,28-,29+,30+/m1/s1. The quantitative estimate of drug-likeness (QED) is 0.242. The van der Waals surface area contributed by atoms with Gasteiger partial charge in [-0.2, -0.15) is 0 Å². The molecule has 11 nitrogen and oxygen atoms in total. The number of esters is 1. The van der Waals surface area contributed by atoms with Gasteiger partial charge in [0.2, 0.25) is 12.1 Å². The Labute approximate surface area is 237 Å². The molecule has 1 spiro atoms. The third-order valence-corrected chi connectivity index (χ3v) is 11.7. The van der Waals surface area contributed by atoms with Crippen molar-refractivity contribution in [3.63, 3.8) is 0 Å². The molecule has 13 atom stereocenters. The predicted molar refractivity (Wildman–Crippen MR) is 137 cm³/mol. The molecular weight excluding hydrogens is 536 g/mol. The van der Waals surface area contributed by atoms with E-state index in [1.165, 1.54) is 13.2 Å². The Bertz CT molecular complexity index is 1350. The average Bonchev–Trinajstić information content (AvgIpc) is 3.36. The molecule has 4 aliphatic carbocycles. The second kappa shape index (κ2) is 7.95. The van der Waals surface area contributed by atoms with Crippen LogP contribution in [-0.4, -0.2) is 101 Å². The molecule has 0 bridgehead atoms. The highest BCUT2D eigenvalue weighted by atomic mass is 16.8. The van der Waals surface area contributed by atoms with E-state index in [9.17, 15) is 24.9 Å². The summed E-state index contributed by atoms with van der Waals surface area (Å²) in [6.07, 6.45) is 1.56. The first kappa shape index (κ1) is 26.7. The SMILES string of the molecule is CO[C@H]1C[C@@H](C)O[C@H]2O[C@@H]3C=C4C[C@@H]5O[C@]56[C@H]([C@H](O)C(=O)[C@]5(C)C(C7=CC(=O)OC7)=CC[C@@]56O)[C@@]4(C)C[C@H]3O[C@]21O. The molecule has 5 fully saturated rings. The minimum atomic E-state index is -1.83. The zero-order valence-electron chi connectivity index (χ0n) is 23.5. The molecule has 0 radical (unpaired) electrons. The topological polar surface area (TPSA) is 154 Å². The summed E-state index contributed by atoms with van der Waals surface area (Å²) in [6, 6.07) is 0. The predicted octanol–water partition coefficient (Wildman–Crippen LogP) is 0.597. The lowest BCUT2D eigenvalue weighted by Crippen LogP contribution is -2.75. The first-order chi connectivity index (χ1) is 19.3. The molecule has 41 heavy (non-hydrogen) atoms. The number of hydrogen-bond donors (Lipinski definition) is 3. The van der Waals surface area contributed by atoms with Gasteiger partial charge in [0.25, 0.3) is 0 Å². The Hall–Kier alpha value is -1.96. The fourth-order valence-corrected chi connectivity index (χ4v) is 9.66. The van der Waals surface area contributed by atoms with E-state index in [2.05, 4.69) is 0 Å². The average molecular weight is 573 g/mol. The van der Waals surface area contributed by atoms with Crippen LogP contribution < -0.4 is 0 Å². The number of carbonyl (C=O) groups is 2. The van der Waals surface area contributed by atoms with Gasteiger partial charge in [-0.15, -0.1) is 0 Å². The first-order valence-electron chi connectivity index (χ1n) is 14.5. The maximum absolute atomic E-state index is 14.2. The molecule has 2 saturated carbocycles. The van der Waals surface area contributed by atoms with Gasteiger partial charge in [0.15, 0.2) is 5.78 Å². The van der Waals surface area contributed by atoms with E-state index >= 15 is 0 Å². The number of ether oxygens (including phenoxy) is 6. The molecule has 4 heterocycles. The maximum atomic E-state index is 14.2. The van der Waals surface area contributed by atoms with Gasteiger partial charge < -0.3 is 43.7 Å². The molecule has 4 aliphatic heterocycles. The van der Waals surface area contributed by atoms with Crippen molar-refractivity contribution in [2.75, 3.05) is 13.7 Å². The summed E-state index contributed by atoms with van der Waals surface area (Å²) in [4.78, 5) is 26.1. The number of fused-ring (bicyclic) bond motifs is 5. The number of epoxide rings is 1.